The van der Waals surface area contributed by atoms with Crippen molar-refractivity contribution in [1.29, 1.82) is 0 Å². The molecule has 164 valence electrons. The Hall–Kier alpha value is -0.940. The van der Waals surface area contributed by atoms with E-state index in [1.807, 2.05) is 6.92 Å². The van der Waals surface area contributed by atoms with Crippen LogP contribution in [-0.2, 0) is 19.1 Å². The van der Waals surface area contributed by atoms with Crippen molar-refractivity contribution in [3.63, 3.8) is 0 Å². The number of ether oxygens (including phenoxy) is 2. The summed E-state index contributed by atoms with van der Waals surface area (Å²) in [4.78, 5) is 21.3. The molecule has 0 radical (unpaired) electrons. The van der Waals surface area contributed by atoms with Crippen LogP contribution in [0.4, 0.5) is 0 Å². The first-order chi connectivity index (χ1) is 13.5. The molecular formula is C23H42O5. The summed E-state index contributed by atoms with van der Waals surface area (Å²) in [6.07, 6.45) is 17.3. The summed E-state index contributed by atoms with van der Waals surface area (Å²) >= 11 is 0. The molecule has 5 nitrogen and oxygen atoms in total. The van der Waals surface area contributed by atoms with Gasteiger partial charge in [0.1, 0.15) is 6.29 Å². The van der Waals surface area contributed by atoms with Gasteiger partial charge < -0.3 is 19.4 Å². The van der Waals surface area contributed by atoms with Crippen LogP contribution in [0.25, 0.3) is 0 Å². The van der Waals surface area contributed by atoms with Crippen LogP contribution in [0.3, 0.4) is 0 Å². The SMILES string of the molecule is CCCCCCCCC1OC(C)(CCC(=O)O)OC1CCCCCCCC=O. The van der Waals surface area contributed by atoms with E-state index in [-0.39, 0.29) is 18.6 Å². The molecule has 3 unspecified atom stereocenters. The fourth-order valence-electron chi connectivity index (χ4n) is 3.99. The minimum Gasteiger partial charge on any atom is -0.481 e. The summed E-state index contributed by atoms with van der Waals surface area (Å²) in [5.41, 5.74) is 0. The van der Waals surface area contributed by atoms with Gasteiger partial charge >= 0.3 is 5.97 Å². The third-order valence-corrected chi connectivity index (χ3v) is 5.66. The fourth-order valence-corrected chi connectivity index (χ4v) is 3.99. The summed E-state index contributed by atoms with van der Waals surface area (Å²) in [5, 5.41) is 8.99. The Morgan fingerprint density at radius 3 is 1.89 bits per heavy atom. The molecule has 1 heterocycles. The lowest BCUT2D eigenvalue weighted by Crippen LogP contribution is -2.27. The van der Waals surface area contributed by atoms with Crippen LogP contribution in [0.1, 0.15) is 117 Å². The van der Waals surface area contributed by atoms with Crippen molar-refractivity contribution in [2.24, 2.45) is 0 Å². The Balaban J connectivity index is 2.38. The first-order valence-electron chi connectivity index (χ1n) is 11.5. The van der Waals surface area contributed by atoms with E-state index in [4.69, 9.17) is 14.6 Å². The topological polar surface area (TPSA) is 72.8 Å². The normalized spacial score (nSPS) is 24.5. The van der Waals surface area contributed by atoms with E-state index in [2.05, 4.69) is 6.92 Å². The quantitative estimate of drug-likeness (QED) is 0.225. The average Bonchev–Trinajstić information content (AvgIpc) is 2.98. The fraction of sp³-hybridized carbons (Fsp3) is 0.913. The van der Waals surface area contributed by atoms with Gasteiger partial charge in [0.25, 0.3) is 0 Å². The number of unbranched alkanes of at least 4 members (excludes halogenated alkanes) is 10. The van der Waals surface area contributed by atoms with Crippen molar-refractivity contribution in [1.82, 2.24) is 0 Å². The van der Waals surface area contributed by atoms with Gasteiger partial charge in [0, 0.05) is 12.8 Å². The highest BCUT2D eigenvalue weighted by Gasteiger charge is 2.43. The molecule has 1 aliphatic rings. The van der Waals surface area contributed by atoms with E-state index in [9.17, 15) is 9.59 Å². The molecule has 0 amide bonds. The van der Waals surface area contributed by atoms with Gasteiger partial charge in [-0.1, -0.05) is 71.1 Å². The molecule has 3 atom stereocenters. The minimum absolute atomic E-state index is 0.0731. The molecule has 1 rings (SSSR count). The summed E-state index contributed by atoms with van der Waals surface area (Å²) in [6, 6.07) is 0. The number of hydrogen-bond donors (Lipinski definition) is 1. The monoisotopic (exact) mass is 398 g/mol. The van der Waals surface area contributed by atoms with Gasteiger partial charge in [-0.15, -0.1) is 0 Å². The number of carboxylic acid groups (broad SMARTS) is 1. The van der Waals surface area contributed by atoms with Crippen molar-refractivity contribution in [3.05, 3.63) is 0 Å². The molecule has 1 saturated heterocycles. The third-order valence-electron chi connectivity index (χ3n) is 5.66. The molecule has 0 saturated carbocycles. The molecule has 1 N–H and O–H groups in total. The highest BCUT2D eigenvalue weighted by atomic mass is 16.8. The van der Waals surface area contributed by atoms with Gasteiger partial charge in [0.2, 0.25) is 0 Å². The van der Waals surface area contributed by atoms with Crippen LogP contribution in [-0.4, -0.2) is 35.4 Å². The van der Waals surface area contributed by atoms with Crippen LogP contribution < -0.4 is 0 Å². The molecule has 0 aliphatic carbocycles. The molecule has 0 aromatic carbocycles. The predicted octanol–water partition coefficient (Wildman–Crippen LogP) is 6.03. The highest BCUT2D eigenvalue weighted by molar-refractivity contribution is 5.66. The maximum Gasteiger partial charge on any atom is 0.303 e. The lowest BCUT2D eigenvalue weighted by molar-refractivity contribution is -0.172. The predicted molar refractivity (Wildman–Crippen MR) is 111 cm³/mol. The van der Waals surface area contributed by atoms with Crippen LogP contribution in [0.2, 0.25) is 0 Å². The van der Waals surface area contributed by atoms with Gasteiger partial charge in [-0.2, -0.15) is 0 Å². The Morgan fingerprint density at radius 1 is 0.893 bits per heavy atom. The minimum atomic E-state index is -0.806. The van der Waals surface area contributed by atoms with E-state index < -0.39 is 11.8 Å². The average molecular weight is 399 g/mol. The zero-order chi connectivity index (χ0) is 20.7. The second kappa shape index (κ2) is 15.0. The van der Waals surface area contributed by atoms with E-state index >= 15 is 0 Å². The lowest BCUT2D eigenvalue weighted by Gasteiger charge is -2.22. The van der Waals surface area contributed by atoms with Crippen LogP contribution in [0.5, 0.6) is 0 Å². The first kappa shape index (κ1) is 25.1. The Bertz CT molecular complexity index is 425. The maximum atomic E-state index is 10.9. The van der Waals surface area contributed by atoms with Gasteiger partial charge in [-0.3, -0.25) is 4.79 Å². The Kier molecular flexibility index (Phi) is 13.4. The number of carbonyl (C=O) groups excluding carboxylic acids is 1. The Labute approximate surface area is 171 Å². The lowest BCUT2D eigenvalue weighted by atomic mass is 10.00. The molecule has 28 heavy (non-hydrogen) atoms. The molecule has 0 aromatic heterocycles. The van der Waals surface area contributed by atoms with E-state index in [1.165, 1.54) is 32.1 Å². The number of aldehydes is 1. The van der Waals surface area contributed by atoms with Gasteiger partial charge in [0.15, 0.2) is 5.79 Å². The van der Waals surface area contributed by atoms with Gasteiger partial charge in [0.05, 0.1) is 18.6 Å². The zero-order valence-corrected chi connectivity index (χ0v) is 18.1. The smallest absolute Gasteiger partial charge is 0.303 e. The Morgan fingerprint density at radius 2 is 1.39 bits per heavy atom. The van der Waals surface area contributed by atoms with E-state index in [0.717, 1.165) is 57.7 Å². The third kappa shape index (κ3) is 11.2. The van der Waals surface area contributed by atoms with Crippen molar-refractivity contribution in [2.75, 3.05) is 0 Å². The van der Waals surface area contributed by atoms with Gasteiger partial charge in [-0.05, 0) is 26.2 Å². The van der Waals surface area contributed by atoms with Crippen molar-refractivity contribution >= 4 is 12.3 Å². The van der Waals surface area contributed by atoms with Crippen LogP contribution >= 0.6 is 0 Å². The van der Waals surface area contributed by atoms with Crippen LogP contribution in [0.15, 0.2) is 0 Å². The van der Waals surface area contributed by atoms with Crippen molar-refractivity contribution < 1.29 is 24.2 Å². The number of hydrogen-bond acceptors (Lipinski definition) is 4. The molecule has 1 aliphatic heterocycles. The summed E-state index contributed by atoms with van der Waals surface area (Å²) in [6.45, 7) is 4.12. The number of carboxylic acids is 1. The molecule has 1 fully saturated rings. The molecule has 0 aromatic rings. The van der Waals surface area contributed by atoms with Gasteiger partial charge in [-0.25, -0.2) is 0 Å². The van der Waals surface area contributed by atoms with E-state index in [1.54, 1.807) is 0 Å². The molecule has 5 heteroatoms. The molecule has 0 spiro atoms. The summed E-state index contributed by atoms with van der Waals surface area (Å²) < 4.78 is 12.4. The maximum absolute atomic E-state index is 10.9. The number of rotatable bonds is 18. The summed E-state index contributed by atoms with van der Waals surface area (Å²) in [7, 11) is 0. The van der Waals surface area contributed by atoms with Crippen molar-refractivity contribution in [2.45, 2.75) is 135 Å². The zero-order valence-electron chi connectivity index (χ0n) is 18.1. The molecule has 0 bridgehead atoms. The van der Waals surface area contributed by atoms with E-state index in [0.29, 0.717) is 12.8 Å². The second-order valence-electron chi connectivity index (χ2n) is 8.41. The standard InChI is InChI=1S/C23H42O5/c1-3-4-5-6-9-12-15-20-21(16-13-10-7-8-11-14-19-24)28-23(2,27-20)18-17-22(25)26/h19-21H,3-18H2,1-2H3,(H,25,26). The van der Waals surface area contributed by atoms with Crippen molar-refractivity contribution in [3.8, 4) is 0 Å². The highest BCUT2D eigenvalue weighted by Crippen LogP contribution is 2.37. The number of carbonyl (C=O) groups is 2. The summed E-state index contributed by atoms with van der Waals surface area (Å²) in [5.74, 6) is -1.57. The van der Waals surface area contributed by atoms with Crippen LogP contribution in [0, 0.1) is 0 Å². The molecular weight excluding hydrogens is 356 g/mol. The number of aliphatic carboxylic acids is 1. The second-order valence-corrected chi connectivity index (χ2v) is 8.41. The largest absolute Gasteiger partial charge is 0.481 e. The first-order valence-corrected chi connectivity index (χ1v) is 11.5.